The van der Waals surface area contributed by atoms with Gasteiger partial charge in [-0.25, -0.2) is 15.0 Å². The van der Waals surface area contributed by atoms with Gasteiger partial charge in [0.05, 0.1) is 0 Å². The average molecular weight is 416 g/mol. The number of H-pyrrole nitrogens is 1. The van der Waals surface area contributed by atoms with Gasteiger partial charge in [0.15, 0.2) is 5.82 Å². The van der Waals surface area contributed by atoms with Crippen LogP contribution in [0.1, 0.15) is 6.42 Å². The molecule has 1 aromatic carbocycles. The largest absolute Gasteiger partial charge is 0.338 e. The maximum atomic E-state index is 5.93. The number of halogens is 1. The van der Waals surface area contributed by atoms with Crippen LogP contribution in [0, 0.1) is 0 Å². The van der Waals surface area contributed by atoms with E-state index in [1.54, 1.807) is 24.2 Å². The van der Waals surface area contributed by atoms with Crippen LogP contribution in [0.3, 0.4) is 0 Å². The zero-order chi connectivity index (χ0) is 19.2. The summed E-state index contributed by atoms with van der Waals surface area (Å²) < 4.78 is 0. The molecule has 4 rings (SSSR count). The molecule has 1 aliphatic rings. The Hall–Kier alpha value is -2.16. The van der Waals surface area contributed by atoms with Crippen molar-refractivity contribution >= 4 is 29.3 Å². The van der Waals surface area contributed by atoms with Gasteiger partial charge in [-0.15, -0.1) is 5.10 Å². The third kappa shape index (κ3) is 5.01. The Morgan fingerprint density at radius 1 is 1.04 bits per heavy atom. The van der Waals surface area contributed by atoms with E-state index in [2.05, 4.69) is 34.9 Å². The molecule has 0 bridgehead atoms. The van der Waals surface area contributed by atoms with E-state index in [1.807, 2.05) is 30.3 Å². The van der Waals surface area contributed by atoms with Gasteiger partial charge in [-0.2, -0.15) is 0 Å². The second kappa shape index (κ2) is 9.36. The van der Waals surface area contributed by atoms with Crippen LogP contribution in [0.5, 0.6) is 0 Å². The van der Waals surface area contributed by atoms with Gasteiger partial charge in [0.1, 0.15) is 0 Å². The maximum absolute atomic E-state index is 5.93. The molecule has 0 radical (unpaired) electrons. The maximum Gasteiger partial charge on any atom is 0.225 e. The van der Waals surface area contributed by atoms with Crippen molar-refractivity contribution in [1.29, 1.82) is 0 Å². The highest BCUT2D eigenvalue weighted by Crippen LogP contribution is 2.21. The summed E-state index contributed by atoms with van der Waals surface area (Å²) in [6, 6.07) is 9.45. The van der Waals surface area contributed by atoms with E-state index in [4.69, 9.17) is 11.6 Å². The molecule has 0 amide bonds. The Bertz CT molecular complexity index is 864. The standard InChI is InChI=1S/C19H22ClN7S/c20-16-5-3-15(4-6-16)17-23-19(25-24-17)28-14-2-9-26-10-12-27(13-11-26)18-21-7-1-8-22-18/h1,3-8H,2,9-14H2,(H,23,24,25). The highest BCUT2D eigenvalue weighted by Gasteiger charge is 2.18. The summed E-state index contributed by atoms with van der Waals surface area (Å²) in [6.45, 7) is 5.13. The zero-order valence-electron chi connectivity index (χ0n) is 15.5. The van der Waals surface area contributed by atoms with E-state index in [0.717, 1.165) is 72.4 Å². The summed E-state index contributed by atoms with van der Waals surface area (Å²) in [5, 5.41) is 8.81. The van der Waals surface area contributed by atoms with Crippen LogP contribution in [-0.2, 0) is 0 Å². The van der Waals surface area contributed by atoms with Crippen molar-refractivity contribution in [3.05, 3.63) is 47.7 Å². The van der Waals surface area contributed by atoms with Crippen molar-refractivity contribution in [2.75, 3.05) is 43.4 Å². The summed E-state index contributed by atoms with van der Waals surface area (Å²) >= 11 is 7.62. The number of thioether (sulfide) groups is 1. The molecular weight excluding hydrogens is 394 g/mol. The number of rotatable bonds is 7. The molecule has 0 spiro atoms. The molecule has 2 aromatic heterocycles. The van der Waals surface area contributed by atoms with Crippen molar-refractivity contribution in [1.82, 2.24) is 30.0 Å². The summed E-state index contributed by atoms with van der Waals surface area (Å²) in [6.07, 6.45) is 4.71. The van der Waals surface area contributed by atoms with Gasteiger partial charge in [0.25, 0.3) is 0 Å². The van der Waals surface area contributed by atoms with Crippen molar-refractivity contribution in [2.24, 2.45) is 0 Å². The van der Waals surface area contributed by atoms with E-state index >= 15 is 0 Å². The molecule has 28 heavy (non-hydrogen) atoms. The zero-order valence-corrected chi connectivity index (χ0v) is 17.0. The van der Waals surface area contributed by atoms with Gasteiger partial charge in [-0.3, -0.25) is 10.00 Å². The lowest BCUT2D eigenvalue weighted by molar-refractivity contribution is 0.258. The van der Waals surface area contributed by atoms with Gasteiger partial charge in [-0.1, -0.05) is 23.4 Å². The third-order valence-electron chi connectivity index (χ3n) is 4.64. The molecule has 146 valence electrons. The second-order valence-corrected chi connectivity index (χ2v) is 8.05. The molecule has 0 aliphatic carbocycles. The van der Waals surface area contributed by atoms with Crippen molar-refractivity contribution in [3.63, 3.8) is 0 Å². The second-order valence-electron chi connectivity index (χ2n) is 6.55. The van der Waals surface area contributed by atoms with Gasteiger partial charge >= 0.3 is 0 Å². The van der Waals surface area contributed by atoms with Crippen molar-refractivity contribution in [2.45, 2.75) is 11.6 Å². The van der Waals surface area contributed by atoms with Gasteiger partial charge in [0, 0.05) is 54.9 Å². The van der Waals surface area contributed by atoms with Gasteiger partial charge in [0.2, 0.25) is 11.1 Å². The van der Waals surface area contributed by atoms with Crippen LogP contribution >= 0.6 is 23.4 Å². The van der Waals surface area contributed by atoms with Crippen LogP contribution < -0.4 is 4.90 Å². The minimum Gasteiger partial charge on any atom is -0.338 e. The average Bonchev–Trinajstić information content (AvgIpc) is 3.22. The summed E-state index contributed by atoms with van der Waals surface area (Å²) in [5.74, 6) is 2.61. The predicted octanol–water partition coefficient (Wildman–Crippen LogP) is 3.22. The molecular formula is C19H22ClN7S. The topological polar surface area (TPSA) is 73.8 Å². The first-order chi connectivity index (χ1) is 13.8. The Kier molecular flexibility index (Phi) is 6.41. The Labute approximate surface area is 173 Å². The molecule has 3 aromatic rings. The number of hydrogen-bond acceptors (Lipinski definition) is 7. The van der Waals surface area contributed by atoms with Crippen LogP contribution in [0.2, 0.25) is 5.02 Å². The normalized spacial score (nSPS) is 15.1. The molecule has 0 unspecified atom stereocenters. The molecule has 1 fully saturated rings. The Morgan fingerprint density at radius 3 is 2.54 bits per heavy atom. The lowest BCUT2D eigenvalue weighted by Gasteiger charge is -2.34. The number of piperazine rings is 1. The van der Waals surface area contributed by atoms with Gasteiger partial charge in [-0.05, 0) is 43.3 Å². The number of nitrogens with one attached hydrogen (secondary N) is 1. The number of benzene rings is 1. The predicted molar refractivity (Wildman–Crippen MR) is 113 cm³/mol. The first-order valence-electron chi connectivity index (χ1n) is 9.33. The van der Waals surface area contributed by atoms with Crippen LogP contribution in [0.4, 0.5) is 5.95 Å². The van der Waals surface area contributed by atoms with E-state index in [-0.39, 0.29) is 0 Å². The van der Waals surface area contributed by atoms with E-state index < -0.39 is 0 Å². The summed E-state index contributed by atoms with van der Waals surface area (Å²) in [4.78, 5) is 18.0. The molecule has 3 heterocycles. The highest BCUT2D eigenvalue weighted by molar-refractivity contribution is 7.99. The molecule has 1 saturated heterocycles. The Morgan fingerprint density at radius 2 is 1.79 bits per heavy atom. The SMILES string of the molecule is Clc1ccc(-c2nc(SCCCN3CCN(c4ncccn4)CC3)n[nH]2)cc1. The molecule has 1 N–H and O–H groups in total. The number of anilines is 1. The summed E-state index contributed by atoms with van der Waals surface area (Å²) in [7, 11) is 0. The molecule has 1 aliphatic heterocycles. The molecule has 9 heteroatoms. The molecule has 0 saturated carbocycles. The number of hydrogen-bond donors (Lipinski definition) is 1. The van der Waals surface area contributed by atoms with Crippen LogP contribution in [0.15, 0.2) is 47.9 Å². The third-order valence-corrected chi connectivity index (χ3v) is 5.83. The number of nitrogens with zero attached hydrogens (tertiary/aromatic N) is 6. The minimum atomic E-state index is 0.718. The fourth-order valence-electron chi connectivity index (χ4n) is 3.13. The fourth-order valence-corrected chi connectivity index (χ4v) is 3.97. The number of aromatic nitrogens is 5. The minimum absolute atomic E-state index is 0.718. The fraction of sp³-hybridized carbons (Fsp3) is 0.368. The Balaban J connectivity index is 1.17. The van der Waals surface area contributed by atoms with E-state index in [1.165, 1.54) is 0 Å². The molecule has 0 atom stereocenters. The van der Waals surface area contributed by atoms with Crippen molar-refractivity contribution in [3.8, 4) is 11.4 Å². The monoisotopic (exact) mass is 415 g/mol. The number of aromatic amines is 1. The quantitative estimate of drug-likeness (QED) is 0.469. The lowest BCUT2D eigenvalue weighted by Crippen LogP contribution is -2.47. The van der Waals surface area contributed by atoms with Gasteiger partial charge < -0.3 is 4.90 Å². The highest BCUT2D eigenvalue weighted by atomic mass is 35.5. The summed E-state index contributed by atoms with van der Waals surface area (Å²) in [5.41, 5.74) is 0.990. The first kappa shape index (κ1) is 19.2. The first-order valence-corrected chi connectivity index (χ1v) is 10.7. The van der Waals surface area contributed by atoms with Crippen LogP contribution in [0.25, 0.3) is 11.4 Å². The van der Waals surface area contributed by atoms with E-state index in [9.17, 15) is 0 Å². The lowest BCUT2D eigenvalue weighted by atomic mass is 10.2. The van der Waals surface area contributed by atoms with Crippen molar-refractivity contribution < 1.29 is 0 Å². The molecule has 7 nitrogen and oxygen atoms in total. The van der Waals surface area contributed by atoms with E-state index in [0.29, 0.717) is 0 Å². The smallest absolute Gasteiger partial charge is 0.225 e. The van der Waals surface area contributed by atoms with Crippen LogP contribution in [-0.4, -0.2) is 68.5 Å².